The number of H-pyrrole nitrogens is 1. The Morgan fingerprint density at radius 2 is 2.17 bits per heavy atom. The van der Waals surface area contributed by atoms with Crippen molar-refractivity contribution in [2.24, 2.45) is 5.92 Å². The van der Waals surface area contributed by atoms with Gasteiger partial charge in [-0.2, -0.15) is 5.21 Å². The highest BCUT2D eigenvalue weighted by Gasteiger charge is 2.23. The summed E-state index contributed by atoms with van der Waals surface area (Å²) in [5.41, 5.74) is 0.868. The number of allylic oxidation sites excluding steroid dienone is 2. The molecule has 1 aromatic carbocycles. The summed E-state index contributed by atoms with van der Waals surface area (Å²) in [4.78, 5) is 12.4. The predicted octanol–water partition coefficient (Wildman–Crippen LogP) is 2.81. The Labute approximate surface area is 139 Å². The molecule has 1 amide bonds. The third kappa shape index (κ3) is 4.16. The molecule has 0 bridgehead atoms. The van der Waals surface area contributed by atoms with Crippen molar-refractivity contribution < 1.29 is 4.79 Å². The highest BCUT2D eigenvalue weighted by atomic mass is 35.5. The number of nitrogens with one attached hydrogen (secondary N) is 2. The van der Waals surface area contributed by atoms with Crippen molar-refractivity contribution in [3.05, 3.63) is 52.8 Å². The van der Waals surface area contributed by atoms with Crippen LogP contribution in [0.1, 0.15) is 43.1 Å². The molecule has 23 heavy (non-hydrogen) atoms. The van der Waals surface area contributed by atoms with Gasteiger partial charge in [-0.3, -0.25) is 4.79 Å². The zero-order chi connectivity index (χ0) is 16.1. The molecular weight excluding hydrogens is 314 g/mol. The van der Waals surface area contributed by atoms with Gasteiger partial charge in [-0.05, 0) is 42.9 Å². The molecule has 1 aromatic heterocycles. The molecule has 120 valence electrons. The lowest BCUT2D eigenvalue weighted by atomic mass is 9.91. The molecule has 6 nitrogen and oxygen atoms in total. The highest BCUT2D eigenvalue weighted by Crippen LogP contribution is 2.24. The molecule has 0 spiro atoms. The van der Waals surface area contributed by atoms with Crippen LogP contribution in [0.25, 0.3) is 0 Å². The molecule has 1 unspecified atom stereocenters. The smallest absolute Gasteiger partial charge is 0.221 e. The second kappa shape index (κ2) is 7.37. The molecule has 2 N–H and O–H groups in total. The Bertz CT molecular complexity index is 668. The molecule has 0 radical (unpaired) electrons. The van der Waals surface area contributed by atoms with Crippen LogP contribution >= 0.6 is 11.6 Å². The van der Waals surface area contributed by atoms with Crippen molar-refractivity contribution in [3.63, 3.8) is 0 Å². The van der Waals surface area contributed by atoms with Crippen LogP contribution in [0.3, 0.4) is 0 Å². The van der Waals surface area contributed by atoms with Gasteiger partial charge in [0, 0.05) is 11.4 Å². The summed E-state index contributed by atoms with van der Waals surface area (Å²) >= 11 is 5.93. The number of aromatic amines is 1. The molecule has 2 atom stereocenters. The number of tetrazole rings is 1. The average Bonchev–Trinajstić information content (AvgIpc) is 3.09. The van der Waals surface area contributed by atoms with E-state index >= 15 is 0 Å². The van der Waals surface area contributed by atoms with Crippen molar-refractivity contribution >= 4 is 17.5 Å². The lowest BCUT2D eigenvalue weighted by molar-refractivity contribution is -0.122. The Morgan fingerprint density at radius 3 is 2.83 bits per heavy atom. The summed E-state index contributed by atoms with van der Waals surface area (Å²) in [5.74, 6) is 0.829. The fraction of sp³-hybridized carbons (Fsp3) is 0.375. The van der Waals surface area contributed by atoms with Crippen LogP contribution in [-0.2, 0) is 4.79 Å². The number of carbonyl (C=O) groups excluding carboxylic acids is 1. The van der Waals surface area contributed by atoms with Crippen molar-refractivity contribution in [2.75, 3.05) is 0 Å². The first kappa shape index (κ1) is 15.7. The zero-order valence-corrected chi connectivity index (χ0v) is 13.3. The largest absolute Gasteiger partial charge is 0.342 e. The van der Waals surface area contributed by atoms with Gasteiger partial charge >= 0.3 is 0 Å². The second-order valence-corrected chi connectivity index (χ2v) is 6.11. The molecule has 3 rings (SSSR count). The molecule has 1 aliphatic carbocycles. The van der Waals surface area contributed by atoms with E-state index in [2.05, 4.69) is 38.1 Å². The molecule has 1 aliphatic rings. The second-order valence-electron chi connectivity index (χ2n) is 5.68. The fourth-order valence-electron chi connectivity index (χ4n) is 2.77. The van der Waals surface area contributed by atoms with Crippen LogP contribution in [0, 0.1) is 5.92 Å². The molecule has 2 aromatic rings. The molecule has 0 saturated heterocycles. The Balaban J connectivity index is 1.72. The molecule has 7 heteroatoms. The maximum absolute atomic E-state index is 12.4. The normalized spacial score (nSPS) is 18.6. The van der Waals surface area contributed by atoms with Gasteiger partial charge in [-0.1, -0.05) is 41.1 Å². The van der Waals surface area contributed by atoms with Crippen LogP contribution in [-0.4, -0.2) is 26.5 Å². The first-order chi connectivity index (χ1) is 11.2. The van der Waals surface area contributed by atoms with Gasteiger partial charge in [-0.25, -0.2) is 0 Å². The van der Waals surface area contributed by atoms with E-state index in [4.69, 9.17) is 11.6 Å². The third-order valence-corrected chi connectivity index (χ3v) is 4.23. The van der Waals surface area contributed by atoms with E-state index in [1.165, 1.54) is 0 Å². The van der Waals surface area contributed by atoms with E-state index in [-0.39, 0.29) is 5.91 Å². The number of hydrogen-bond donors (Lipinski definition) is 2. The summed E-state index contributed by atoms with van der Waals surface area (Å²) in [5, 5.41) is 17.7. The van der Waals surface area contributed by atoms with E-state index in [1.54, 1.807) is 12.1 Å². The van der Waals surface area contributed by atoms with E-state index in [0.717, 1.165) is 24.8 Å². The summed E-state index contributed by atoms with van der Waals surface area (Å²) in [6, 6.07) is 6.84. The van der Waals surface area contributed by atoms with Gasteiger partial charge in [0.2, 0.25) is 11.7 Å². The number of hydrogen-bond acceptors (Lipinski definition) is 4. The van der Waals surface area contributed by atoms with Gasteiger partial charge in [0.05, 0.1) is 0 Å². The molecular formula is C16H18ClN5O. The SMILES string of the molecule is O=C(C[C@@H]1CC=CCC1)NC(c1ccc(Cl)cc1)c1nn[nH]n1. The fourth-order valence-corrected chi connectivity index (χ4v) is 2.89. The number of aromatic nitrogens is 4. The Hall–Kier alpha value is -2.21. The van der Waals surface area contributed by atoms with Crippen molar-refractivity contribution in [1.29, 1.82) is 0 Å². The van der Waals surface area contributed by atoms with E-state index in [0.29, 0.717) is 23.2 Å². The van der Waals surface area contributed by atoms with E-state index in [9.17, 15) is 4.79 Å². The average molecular weight is 332 g/mol. The Morgan fingerprint density at radius 1 is 1.35 bits per heavy atom. The standard InChI is InChI=1S/C16H18ClN5O/c17-13-8-6-12(7-9-13)15(16-19-21-22-20-16)18-14(23)10-11-4-2-1-3-5-11/h1-2,6-9,11,15H,3-5,10H2,(H,18,23)(H,19,20,21,22)/t11-,15?/m1/s1. The number of benzene rings is 1. The lowest BCUT2D eigenvalue weighted by Gasteiger charge is -2.20. The summed E-state index contributed by atoms with van der Waals surface area (Å²) in [6.45, 7) is 0. The van der Waals surface area contributed by atoms with Crippen LogP contribution in [0.4, 0.5) is 0 Å². The minimum Gasteiger partial charge on any atom is -0.342 e. The van der Waals surface area contributed by atoms with Crippen LogP contribution < -0.4 is 5.32 Å². The van der Waals surface area contributed by atoms with Gasteiger partial charge < -0.3 is 5.32 Å². The Kier molecular flexibility index (Phi) is 5.02. The molecule has 0 aliphatic heterocycles. The molecule has 0 fully saturated rings. The maximum atomic E-state index is 12.4. The van der Waals surface area contributed by atoms with E-state index < -0.39 is 6.04 Å². The van der Waals surface area contributed by atoms with Crippen LogP contribution in [0.5, 0.6) is 0 Å². The van der Waals surface area contributed by atoms with Gasteiger partial charge in [-0.15, -0.1) is 10.2 Å². The predicted molar refractivity (Wildman–Crippen MR) is 86.7 cm³/mol. The highest BCUT2D eigenvalue weighted by molar-refractivity contribution is 6.30. The third-order valence-electron chi connectivity index (χ3n) is 3.98. The van der Waals surface area contributed by atoms with Crippen molar-refractivity contribution in [3.8, 4) is 0 Å². The summed E-state index contributed by atoms with van der Waals surface area (Å²) < 4.78 is 0. The first-order valence-electron chi connectivity index (χ1n) is 7.65. The minimum atomic E-state index is -0.433. The maximum Gasteiger partial charge on any atom is 0.221 e. The number of halogens is 1. The van der Waals surface area contributed by atoms with Crippen LogP contribution in [0.15, 0.2) is 36.4 Å². The van der Waals surface area contributed by atoms with Gasteiger partial charge in [0.15, 0.2) is 0 Å². The van der Waals surface area contributed by atoms with Gasteiger partial charge in [0.1, 0.15) is 6.04 Å². The molecule has 0 saturated carbocycles. The topological polar surface area (TPSA) is 83.6 Å². The van der Waals surface area contributed by atoms with Crippen LogP contribution in [0.2, 0.25) is 5.02 Å². The lowest BCUT2D eigenvalue weighted by Crippen LogP contribution is -2.31. The number of amides is 1. The zero-order valence-electron chi connectivity index (χ0n) is 12.6. The van der Waals surface area contributed by atoms with Crippen molar-refractivity contribution in [1.82, 2.24) is 25.9 Å². The summed E-state index contributed by atoms with van der Waals surface area (Å²) in [6.07, 6.45) is 7.89. The van der Waals surface area contributed by atoms with Gasteiger partial charge in [0.25, 0.3) is 0 Å². The minimum absolute atomic E-state index is 0.00458. The number of rotatable bonds is 5. The molecule has 1 heterocycles. The number of carbonyl (C=O) groups is 1. The summed E-state index contributed by atoms with van der Waals surface area (Å²) in [7, 11) is 0. The quantitative estimate of drug-likeness (QED) is 0.825. The van der Waals surface area contributed by atoms with E-state index in [1.807, 2.05) is 12.1 Å². The number of nitrogens with zero attached hydrogens (tertiary/aromatic N) is 3. The van der Waals surface area contributed by atoms with Crippen molar-refractivity contribution in [2.45, 2.75) is 31.7 Å². The monoisotopic (exact) mass is 331 g/mol. The first-order valence-corrected chi connectivity index (χ1v) is 8.03.